The van der Waals surface area contributed by atoms with Crippen molar-refractivity contribution in [1.82, 2.24) is 10.2 Å². The van der Waals surface area contributed by atoms with Crippen molar-refractivity contribution in [3.8, 4) is 0 Å². The number of rotatable bonds is 4. The van der Waals surface area contributed by atoms with Crippen LogP contribution in [0.5, 0.6) is 0 Å². The van der Waals surface area contributed by atoms with Crippen LogP contribution in [0.15, 0.2) is 42.5 Å². The molecule has 0 saturated carbocycles. The van der Waals surface area contributed by atoms with E-state index in [1.807, 2.05) is 13.8 Å². The average molecular weight is 380 g/mol. The maximum Gasteiger partial charge on any atom is 0.326 e. The Hall–Kier alpha value is -3.68. The Morgan fingerprint density at radius 2 is 1.71 bits per heavy atom. The maximum absolute atomic E-state index is 12.5. The molecule has 1 aliphatic rings. The van der Waals surface area contributed by atoms with Gasteiger partial charge in [0.1, 0.15) is 0 Å². The van der Waals surface area contributed by atoms with Crippen LogP contribution in [-0.4, -0.2) is 35.2 Å². The molecular weight excluding hydrogens is 360 g/mol. The molecule has 8 nitrogen and oxygen atoms in total. The Labute approximate surface area is 161 Å². The fraction of sp³-hybridized carbons (Fsp3) is 0.200. The van der Waals surface area contributed by atoms with E-state index in [-0.39, 0.29) is 34.3 Å². The van der Waals surface area contributed by atoms with Gasteiger partial charge in [-0.2, -0.15) is 0 Å². The molecule has 2 aromatic rings. The molecule has 0 unspecified atom stereocenters. The molecule has 0 radical (unpaired) electrons. The van der Waals surface area contributed by atoms with Gasteiger partial charge in [-0.1, -0.05) is 26.0 Å². The van der Waals surface area contributed by atoms with Crippen molar-refractivity contribution in [3.05, 3.63) is 59.2 Å². The summed E-state index contributed by atoms with van der Waals surface area (Å²) in [7, 11) is 0. The van der Waals surface area contributed by atoms with E-state index in [4.69, 9.17) is 5.73 Å². The second-order valence-electron chi connectivity index (χ2n) is 6.87. The molecule has 0 spiro atoms. The SMILES string of the molecule is CC(C)CN1C(=O)c2ccc(NC(=O)NC(=O)c3ccccc3N)cc2C1=O. The van der Waals surface area contributed by atoms with E-state index in [0.717, 1.165) is 0 Å². The van der Waals surface area contributed by atoms with Gasteiger partial charge in [0.2, 0.25) is 0 Å². The Morgan fingerprint density at radius 3 is 2.39 bits per heavy atom. The molecule has 0 fully saturated rings. The van der Waals surface area contributed by atoms with Gasteiger partial charge in [0.15, 0.2) is 0 Å². The smallest absolute Gasteiger partial charge is 0.326 e. The van der Waals surface area contributed by atoms with E-state index in [1.165, 1.54) is 29.2 Å². The van der Waals surface area contributed by atoms with E-state index in [1.54, 1.807) is 18.2 Å². The molecule has 2 aromatic carbocycles. The first-order valence-corrected chi connectivity index (χ1v) is 8.75. The molecule has 0 aromatic heterocycles. The van der Waals surface area contributed by atoms with Crippen LogP contribution in [0.1, 0.15) is 44.9 Å². The molecule has 0 saturated heterocycles. The first kappa shape index (κ1) is 19.1. The van der Waals surface area contributed by atoms with Crippen molar-refractivity contribution in [2.45, 2.75) is 13.8 Å². The average Bonchev–Trinajstić information content (AvgIpc) is 2.86. The fourth-order valence-corrected chi connectivity index (χ4v) is 2.94. The third-order valence-corrected chi connectivity index (χ3v) is 4.21. The van der Waals surface area contributed by atoms with E-state index in [0.29, 0.717) is 12.1 Å². The first-order valence-electron chi connectivity index (χ1n) is 8.75. The van der Waals surface area contributed by atoms with Crippen LogP contribution in [-0.2, 0) is 0 Å². The lowest BCUT2D eigenvalue weighted by atomic mass is 10.1. The molecule has 0 aliphatic carbocycles. The maximum atomic E-state index is 12.5. The predicted molar refractivity (Wildman–Crippen MR) is 104 cm³/mol. The number of nitrogens with two attached hydrogens (primary N) is 1. The van der Waals surface area contributed by atoms with E-state index in [9.17, 15) is 19.2 Å². The van der Waals surface area contributed by atoms with Gasteiger partial charge in [-0.15, -0.1) is 0 Å². The summed E-state index contributed by atoms with van der Waals surface area (Å²) >= 11 is 0. The molecule has 28 heavy (non-hydrogen) atoms. The highest BCUT2D eigenvalue weighted by molar-refractivity contribution is 6.22. The Morgan fingerprint density at radius 1 is 1.04 bits per heavy atom. The minimum Gasteiger partial charge on any atom is -0.398 e. The second kappa shape index (κ2) is 7.51. The summed E-state index contributed by atoms with van der Waals surface area (Å²) in [6.07, 6.45) is 0. The Kier molecular flexibility index (Phi) is 5.12. The van der Waals surface area contributed by atoms with Gasteiger partial charge in [-0.05, 0) is 36.2 Å². The molecule has 1 aliphatic heterocycles. The molecule has 4 N–H and O–H groups in total. The number of urea groups is 1. The quantitative estimate of drug-likeness (QED) is 0.556. The van der Waals surface area contributed by atoms with Crippen LogP contribution in [0.2, 0.25) is 0 Å². The lowest BCUT2D eigenvalue weighted by molar-refractivity contribution is 0.0635. The number of fused-ring (bicyclic) bond motifs is 1. The summed E-state index contributed by atoms with van der Waals surface area (Å²) < 4.78 is 0. The topological polar surface area (TPSA) is 122 Å². The van der Waals surface area contributed by atoms with Crippen molar-refractivity contribution in [3.63, 3.8) is 0 Å². The number of anilines is 2. The van der Waals surface area contributed by atoms with Crippen LogP contribution in [0.4, 0.5) is 16.2 Å². The number of nitrogens with one attached hydrogen (secondary N) is 2. The number of hydrogen-bond acceptors (Lipinski definition) is 5. The molecule has 144 valence electrons. The molecule has 1 heterocycles. The highest BCUT2D eigenvalue weighted by Crippen LogP contribution is 2.26. The number of nitrogens with zero attached hydrogens (tertiary/aromatic N) is 1. The molecule has 0 bridgehead atoms. The van der Waals surface area contributed by atoms with Crippen LogP contribution in [0.25, 0.3) is 0 Å². The number of hydrogen-bond donors (Lipinski definition) is 3. The van der Waals surface area contributed by atoms with Crippen LogP contribution in [0.3, 0.4) is 0 Å². The van der Waals surface area contributed by atoms with E-state index >= 15 is 0 Å². The van der Waals surface area contributed by atoms with E-state index in [2.05, 4.69) is 10.6 Å². The normalized spacial score (nSPS) is 12.9. The van der Waals surface area contributed by atoms with Crippen molar-refractivity contribution >= 4 is 35.1 Å². The van der Waals surface area contributed by atoms with Crippen LogP contribution < -0.4 is 16.4 Å². The highest BCUT2D eigenvalue weighted by atomic mass is 16.2. The van der Waals surface area contributed by atoms with Crippen molar-refractivity contribution < 1.29 is 19.2 Å². The molecule has 3 rings (SSSR count). The largest absolute Gasteiger partial charge is 0.398 e. The van der Waals surface area contributed by atoms with Crippen molar-refractivity contribution in [2.24, 2.45) is 5.92 Å². The van der Waals surface area contributed by atoms with Gasteiger partial charge < -0.3 is 11.1 Å². The van der Waals surface area contributed by atoms with Crippen LogP contribution in [0, 0.1) is 5.92 Å². The number of nitrogen functional groups attached to an aromatic ring is 1. The Bertz CT molecular complexity index is 984. The number of carbonyl (C=O) groups excluding carboxylic acids is 4. The summed E-state index contributed by atoms with van der Waals surface area (Å²) in [5.74, 6) is -1.25. The summed E-state index contributed by atoms with van der Waals surface area (Å²) in [6.45, 7) is 4.15. The van der Waals surface area contributed by atoms with Gasteiger partial charge in [-0.25, -0.2) is 4.79 Å². The summed E-state index contributed by atoms with van der Waals surface area (Å²) in [4.78, 5) is 50.3. The number of imide groups is 2. The zero-order valence-corrected chi connectivity index (χ0v) is 15.5. The number of carbonyl (C=O) groups is 4. The Balaban J connectivity index is 1.72. The number of amides is 5. The summed E-state index contributed by atoms with van der Waals surface area (Å²) in [5, 5.41) is 4.67. The van der Waals surface area contributed by atoms with Gasteiger partial charge >= 0.3 is 6.03 Å². The summed E-state index contributed by atoms with van der Waals surface area (Å²) in [5.41, 5.74) is 6.96. The fourth-order valence-electron chi connectivity index (χ4n) is 2.94. The lowest BCUT2D eigenvalue weighted by Gasteiger charge is -2.15. The van der Waals surface area contributed by atoms with Gasteiger partial charge in [0, 0.05) is 17.9 Å². The van der Waals surface area contributed by atoms with Crippen molar-refractivity contribution in [1.29, 1.82) is 0 Å². The third kappa shape index (κ3) is 3.71. The summed E-state index contributed by atoms with van der Waals surface area (Å²) in [6, 6.07) is 10.0. The standard InChI is InChI=1S/C20H20N4O4/c1-11(2)10-24-18(26)13-8-7-12(9-15(13)19(24)27)22-20(28)23-17(25)14-5-3-4-6-16(14)21/h3-9,11H,10,21H2,1-2H3,(H2,22,23,25,28). The van der Waals surface area contributed by atoms with Crippen LogP contribution >= 0.6 is 0 Å². The van der Waals surface area contributed by atoms with Gasteiger partial charge in [0.05, 0.1) is 16.7 Å². The van der Waals surface area contributed by atoms with Crippen molar-refractivity contribution in [2.75, 3.05) is 17.6 Å². The highest BCUT2D eigenvalue weighted by Gasteiger charge is 2.35. The van der Waals surface area contributed by atoms with Gasteiger partial charge in [-0.3, -0.25) is 24.6 Å². The zero-order valence-electron chi connectivity index (χ0n) is 15.5. The van der Waals surface area contributed by atoms with E-state index < -0.39 is 17.8 Å². The monoisotopic (exact) mass is 380 g/mol. The minimum atomic E-state index is -0.774. The second-order valence-corrected chi connectivity index (χ2v) is 6.87. The molecular formula is C20H20N4O4. The first-order chi connectivity index (χ1) is 13.3. The minimum absolute atomic E-state index is 0.141. The number of para-hydroxylation sites is 1. The lowest BCUT2D eigenvalue weighted by Crippen LogP contribution is -2.34. The molecule has 5 amide bonds. The predicted octanol–water partition coefficient (Wildman–Crippen LogP) is 2.48. The number of benzene rings is 2. The van der Waals surface area contributed by atoms with Gasteiger partial charge in [0.25, 0.3) is 17.7 Å². The third-order valence-electron chi connectivity index (χ3n) is 4.21. The molecule has 8 heteroatoms. The zero-order chi connectivity index (χ0) is 20.4. The molecule has 0 atom stereocenters.